The molecular weight excluding hydrogens is 247 g/mol. The standard InChI is InChI=1S/C14H15FN2O2/c1-14(18)8-17(9-14)7-13-16-6-12(19-13)10-2-4-11(15)5-3-10/h2-6,18H,7-9H2,1H3. The molecule has 0 spiro atoms. The van der Waals surface area contributed by atoms with E-state index >= 15 is 0 Å². The first-order chi connectivity index (χ1) is 9.02. The van der Waals surface area contributed by atoms with Crippen molar-refractivity contribution in [2.24, 2.45) is 0 Å². The van der Waals surface area contributed by atoms with Gasteiger partial charge in [-0.2, -0.15) is 0 Å². The summed E-state index contributed by atoms with van der Waals surface area (Å²) in [5, 5.41) is 9.64. The van der Waals surface area contributed by atoms with Gasteiger partial charge in [0.1, 0.15) is 5.82 Å². The van der Waals surface area contributed by atoms with Gasteiger partial charge in [0.05, 0.1) is 18.3 Å². The maximum atomic E-state index is 12.8. The van der Waals surface area contributed by atoms with Crippen LogP contribution in [0.25, 0.3) is 11.3 Å². The van der Waals surface area contributed by atoms with Crippen molar-refractivity contribution in [1.82, 2.24) is 9.88 Å². The fourth-order valence-electron chi connectivity index (χ4n) is 2.35. The Bertz CT molecular complexity index is 569. The molecule has 0 amide bonds. The van der Waals surface area contributed by atoms with Crippen LogP contribution in [0.3, 0.4) is 0 Å². The van der Waals surface area contributed by atoms with Crippen LogP contribution in [0.5, 0.6) is 0 Å². The molecule has 2 aromatic rings. The lowest BCUT2D eigenvalue weighted by molar-refractivity contribution is -0.0896. The van der Waals surface area contributed by atoms with E-state index in [4.69, 9.17) is 4.42 Å². The molecular formula is C14H15FN2O2. The second-order valence-corrected chi connectivity index (χ2v) is 5.27. The van der Waals surface area contributed by atoms with Gasteiger partial charge in [0.25, 0.3) is 0 Å². The number of nitrogens with zero attached hydrogens (tertiary/aromatic N) is 2. The highest BCUT2D eigenvalue weighted by Crippen LogP contribution is 2.24. The van der Waals surface area contributed by atoms with Gasteiger partial charge in [-0.15, -0.1) is 0 Å². The van der Waals surface area contributed by atoms with Crippen LogP contribution in [-0.4, -0.2) is 33.7 Å². The SMILES string of the molecule is CC1(O)CN(Cc2ncc(-c3ccc(F)cc3)o2)C1. The highest BCUT2D eigenvalue weighted by atomic mass is 19.1. The van der Waals surface area contributed by atoms with E-state index < -0.39 is 5.60 Å². The Balaban J connectivity index is 1.68. The monoisotopic (exact) mass is 262 g/mol. The number of β-amino-alcohol motifs (C(OH)–C–C–N with tert-alkyl or cyclic N) is 1. The molecule has 1 N–H and O–H groups in total. The molecule has 5 heteroatoms. The first-order valence-corrected chi connectivity index (χ1v) is 6.17. The van der Waals surface area contributed by atoms with Crippen LogP contribution in [0.1, 0.15) is 12.8 Å². The Hall–Kier alpha value is -1.72. The maximum Gasteiger partial charge on any atom is 0.209 e. The molecule has 1 fully saturated rings. The van der Waals surface area contributed by atoms with Gasteiger partial charge in [-0.05, 0) is 31.2 Å². The fraction of sp³-hybridized carbons (Fsp3) is 0.357. The zero-order chi connectivity index (χ0) is 13.5. The van der Waals surface area contributed by atoms with E-state index in [1.54, 1.807) is 18.3 Å². The van der Waals surface area contributed by atoms with Crippen molar-refractivity contribution >= 4 is 0 Å². The summed E-state index contributed by atoms with van der Waals surface area (Å²) in [5.41, 5.74) is 0.211. The van der Waals surface area contributed by atoms with Crippen LogP contribution in [0, 0.1) is 5.82 Å². The molecule has 0 saturated carbocycles. The largest absolute Gasteiger partial charge is 0.439 e. The molecule has 4 nitrogen and oxygen atoms in total. The number of oxazole rings is 1. The van der Waals surface area contributed by atoms with Crippen LogP contribution in [0.15, 0.2) is 34.9 Å². The third-order valence-electron chi connectivity index (χ3n) is 3.17. The fourth-order valence-corrected chi connectivity index (χ4v) is 2.35. The van der Waals surface area contributed by atoms with Gasteiger partial charge in [0.2, 0.25) is 5.89 Å². The number of benzene rings is 1. The highest BCUT2D eigenvalue weighted by molar-refractivity contribution is 5.55. The molecule has 1 aromatic carbocycles. The minimum atomic E-state index is -0.591. The summed E-state index contributed by atoms with van der Waals surface area (Å²) >= 11 is 0. The lowest BCUT2D eigenvalue weighted by Gasteiger charge is -2.43. The molecule has 0 bridgehead atoms. The van der Waals surface area contributed by atoms with E-state index in [1.807, 2.05) is 6.92 Å². The summed E-state index contributed by atoms with van der Waals surface area (Å²) in [5.74, 6) is 0.961. The summed E-state index contributed by atoms with van der Waals surface area (Å²) in [7, 11) is 0. The molecule has 3 rings (SSSR count). The van der Waals surface area contributed by atoms with Crippen molar-refractivity contribution in [3.63, 3.8) is 0 Å². The number of hydrogen-bond acceptors (Lipinski definition) is 4. The molecule has 1 aromatic heterocycles. The maximum absolute atomic E-state index is 12.8. The predicted molar refractivity (Wildman–Crippen MR) is 67.8 cm³/mol. The topological polar surface area (TPSA) is 49.5 Å². The van der Waals surface area contributed by atoms with Crippen LogP contribution < -0.4 is 0 Å². The number of likely N-dealkylation sites (tertiary alicyclic amines) is 1. The summed E-state index contributed by atoms with van der Waals surface area (Å²) in [6, 6.07) is 6.11. The van der Waals surface area contributed by atoms with Gasteiger partial charge in [-0.25, -0.2) is 9.37 Å². The van der Waals surface area contributed by atoms with Crippen molar-refractivity contribution < 1.29 is 13.9 Å². The summed E-state index contributed by atoms with van der Waals surface area (Å²) in [4.78, 5) is 6.26. The molecule has 0 radical (unpaired) electrons. The number of rotatable bonds is 3. The normalized spacial score (nSPS) is 18.3. The van der Waals surface area contributed by atoms with E-state index in [9.17, 15) is 9.50 Å². The van der Waals surface area contributed by atoms with E-state index in [-0.39, 0.29) is 5.82 Å². The Morgan fingerprint density at radius 2 is 2.05 bits per heavy atom. The van der Waals surface area contributed by atoms with E-state index in [2.05, 4.69) is 9.88 Å². The molecule has 2 heterocycles. The molecule has 100 valence electrons. The first-order valence-electron chi connectivity index (χ1n) is 6.17. The zero-order valence-electron chi connectivity index (χ0n) is 10.6. The van der Waals surface area contributed by atoms with Gasteiger partial charge in [-0.1, -0.05) is 0 Å². The molecule has 1 aliphatic rings. The highest BCUT2D eigenvalue weighted by Gasteiger charge is 2.36. The summed E-state index contributed by atoms with van der Waals surface area (Å²) < 4.78 is 18.5. The molecule has 1 saturated heterocycles. The van der Waals surface area contributed by atoms with Crippen molar-refractivity contribution in [2.75, 3.05) is 13.1 Å². The van der Waals surface area contributed by atoms with Crippen molar-refractivity contribution in [3.8, 4) is 11.3 Å². The third kappa shape index (κ3) is 2.67. The van der Waals surface area contributed by atoms with E-state index in [1.165, 1.54) is 12.1 Å². The van der Waals surface area contributed by atoms with Crippen molar-refractivity contribution in [2.45, 2.75) is 19.1 Å². The number of aromatic nitrogens is 1. The lowest BCUT2D eigenvalue weighted by Crippen LogP contribution is -2.59. The Morgan fingerprint density at radius 1 is 1.37 bits per heavy atom. The minimum absolute atomic E-state index is 0.272. The second-order valence-electron chi connectivity index (χ2n) is 5.27. The van der Waals surface area contributed by atoms with Gasteiger partial charge in [0.15, 0.2) is 5.76 Å². The number of aliphatic hydroxyl groups is 1. The predicted octanol–water partition coefficient (Wildman–Crippen LogP) is 2.05. The van der Waals surface area contributed by atoms with Crippen LogP contribution in [0.4, 0.5) is 4.39 Å². The average Bonchev–Trinajstić information content (AvgIpc) is 2.76. The second kappa shape index (κ2) is 4.43. The van der Waals surface area contributed by atoms with E-state index in [0.29, 0.717) is 31.3 Å². The van der Waals surface area contributed by atoms with Crippen LogP contribution in [0.2, 0.25) is 0 Å². The molecule has 0 unspecified atom stereocenters. The Kier molecular flexibility index (Phi) is 2.88. The first kappa shape index (κ1) is 12.3. The van der Waals surface area contributed by atoms with Gasteiger partial charge >= 0.3 is 0 Å². The van der Waals surface area contributed by atoms with Gasteiger partial charge in [-0.3, -0.25) is 4.90 Å². The number of hydrogen-bond donors (Lipinski definition) is 1. The lowest BCUT2D eigenvalue weighted by atomic mass is 9.97. The zero-order valence-corrected chi connectivity index (χ0v) is 10.6. The molecule has 0 aliphatic carbocycles. The third-order valence-corrected chi connectivity index (χ3v) is 3.17. The minimum Gasteiger partial charge on any atom is -0.439 e. The van der Waals surface area contributed by atoms with Crippen molar-refractivity contribution in [3.05, 3.63) is 42.2 Å². The van der Waals surface area contributed by atoms with Gasteiger partial charge in [0, 0.05) is 18.7 Å². The smallest absolute Gasteiger partial charge is 0.209 e. The average molecular weight is 262 g/mol. The Labute approximate surface area is 110 Å². The molecule has 19 heavy (non-hydrogen) atoms. The molecule has 0 atom stereocenters. The summed E-state index contributed by atoms with van der Waals surface area (Å²) in [6.45, 7) is 3.64. The van der Waals surface area contributed by atoms with Crippen LogP contribution >= 0.6 is 0 Å². The Morgan fingerprint density at radius 3 is 2.68 bits per heavy atom. The quantitative estimate of drug-likeness (QED) is 0.919. The summed E-state index contributed by atoms with van der Waals surface area (Å²) in [6.07, 6.45) is 1.64. The number of halogens is 1. The van der Waals surface area contributed by atoms with Crippen LogP contribution in [-0.2, 0) is 6.54 Å². The van der Waals surface area contributed by atoms with E-state index in [0.717, 1.165) is 5.56 Å². The van der Waals surface area contributed by atoms with Gasteiger partial charge < -0.3 is 9.52 Å². The van der Waals surface area contributed by atoms with Crippen molar-refractivity contribution in [1.29, 1.82) is 0 Å². The molecule has 1 aliphatic heterocycles.